The predicted octanol–water partition coefficient (Wildman–Crippen LogP) is 1.38. The zero-order valence-electron chi connectivity index (χ0n) is 8.33. The van der Waals surface area contributed by atoms with Gasteiger partial charge >= 0.3 is 0 Å². The lowest BCUT2D eigenvalue weighted by Crippen LogP contribution is -2.30. The maximum atomic E-state index is 5.87. The summed E-state index contributed by atoms with van der Waals surface area (Å²) in [6, 6.07) is 8.39. The summed E-state index contributed by atoms with van der Waals surface area (Å²) in [6.45, 7) is 4.72. The molecule has 0 bridgehead atoms. The second-order valence-corrected chi connectivity index (χ2v) is 3.56. The van der Waals surface area contributed by atoms with Gasteiger partial charge in [0.15, 0.2) is 0 Å². The van der Waals surface area contributed by atoms with Crippen molar-refractivity contribution >= 4 is 0 Å². The molecule has 0 radical (unpaired) electrons. The molecular weight excluding hydrogens is 160 g/mol. The van der Waals surface area contributed by atoms with Crippen LogP contribution in [0.3, 0.4) is 0 Å². The van der Waals surface area contributed by atoms with Crippen LogP contribution < -0.4 is 11.5 Å². The molecule has 1 rings (SSSR count). The zero-order valence-corrected chi connectivity index (χ0v) is 8.33. The van der Waals surface area contributed by atoms with Crippen molar-refractivity contribution in [3.8, 4) is 0 Å². The van der Waals surface area contributed by atoms with Crippen molar-refractivity contribution in [3.63, 3.8) is 0 Å². The molecule has 1 aromatic rings. The summed E-state index contributed by atoms with van der Waals surface area (Å²) in [7, 11) is 0. The van der Waals surface area contributed by atoms with E-state index < -0.39 is 0 Å². The van der Waals surface area contributed by atoms with Gasteiger partial charge in [0.25, 0.3) is 0 Å². The summed E-state index contributed by atoms with van der Waals surface area (Å²) in [5.41, 5.74) is 14.1. The lowest BCUT2D eigenvalue weighted by Gasteiger charge is -2.20. The van der Waals surface area contributed by atoms with Crippen molar-refractivity contribution in [2.24, 2.45) is 11.5 Å². The minimum absolute atomic E-state index is 0.117. The molecule has 4 N–H and O–H groups in total. The molecule has 0 saturated heterocycles. The van der Waals surface area contributed by atoms with E-state index in [0.717, 1.165) is 0 Å². The van der Waals surface area contributed by atoms with Gasteiger partial charge in [0.05, 0.1) is 0 Å². The first-order valence-electron chi connectivity index (χ1n) is 4.68. The standard InChI is InChI=1S/C11H18N2/c1-8-5-3-4-6-10(8)11(7-12)9(2)13/h3-6,9,11H,7,12-13H2,1-2H3. The van der Waals surface area contributed by atoms with E-state index in [0.29, 0.717) is 6.54 Å². The summed E-state index contributed by atoms with van der Waals surface area (Å²) in [4.78, 5) is 0. The number of nitrogens with two attached hydrogens (primary N) is 2. The molecule has 2 unspecified atom stereocenters. The Morgan fingerprint density at radius 1 is 1.31 bits per heavy atom. The van der Waals surface area contributed by atoms with Crippen LogP contribution in [0.1, 0.15) is 24.0 Å². The maximum Gasteiger partial charge on any atom is 0.0113 e. The largest absolute Gasteiger partial charge is 0.330 e. The van der Waals surface area contributed by atoms with Crippen molar-refractivity contribution in [2.75, 3.05) is 6.54 Å². The molecule has 72 valence electrons. The molecule has 0 fully saturated rings. The van der Waals surface area contributed by atoms with E-state index in [1.165, 1.54) is 11.1 Å². The normalized spacial score (nSPS) is 15.4. The number of benzene rings is 1. The van der Waals surface area contributed by atoms with Gasteiger partial charge in [-0.05, 0) is 25.0 Å². The van der Waals surface area contributed by atoms with Crippen molar-refractivity contribution in [1.29, 1.82) is 0 Å². The number of rotatable bonds is 3. The van der Waals surface area contributed by atoms with Gasteiger partial charge in [-0.15, -0.1) is 0 Å². The Hall–Kier alpha value is -0.860. The van der Waals surface area contributed by atoms with Gasteiger partial charge in [0.1, 0.15) is 0 Å². The zero-order chi connectivity index (χ0) is 9.84. The van der Waals surface area contributed by atoms with Crippen LogP contribution in [-0.2, 0) is 0 Å². The third-order valence-electron chi connectivity index (χ3n) is 2.48. The molecule has 0 aliphatic carbocycles. The second-order valence-electron chi connectivity index (χ2n) is 3.56. The van der Waals surface area contributed by atoms with E-state index in [4.69, 9.17) is 11.5 Å². The van der Waals surface area contributed by atoms with Gasteiger partial charge < -0.3 is 11.5 Å². The fraction of sp³-hybridized carbons (Fsp3) is 0.455. The fourth-order valence-corrected chi connectivity index (χ4v) is 1.63. The van der Waals surface area contributed by atoms with Crippen LogP contribution in [0.25, 0.3) is 0 Å². The van der Waals surface area contributed by atoms with Crippen LogP contribution in [0.15, 0.2) is 24.3 Å². The monoisotopic (exact) mass is 178 g/mol. The summed E-state index contributed by atoms with van der Waals surface area (Å²) in [5, 5.41) is 0. The van der Waals surface area contributed by atoms with Crippen LogP contribution in [-0.4, -0.2) is 12.6 Å². The first kappa shape index (κ1) is 10.2. The van der Waals surface area contributed by atoms with Crippen LogP contribution >= 0.6 is 0 Å². The summed E-state index contributed by atoms with van der Waals surface area (Å²) >= 11 is 0. The third kappa shape index (κ3) is 2.29. The molecule has 2 nitrogen and oxygen atoms in total. The Kier molecular flexibility index (Phi) is 3.46. The van der Waals surface area contributed by atoms with Gasteiger partial charge in [-0.3, -0.25) is 0 Å². The molecule has 0 aliphatic rings. The highest BCUT2D eigenvalue weighted by Crippen LogP contribution is 2.20. The molecule has 1 aromatic carbocycles. The average Bonchev–Trinajstić information content (AvgIpc) is 2.09. The van der Waals surface area contributed by atoms with Crippen LogP contribution in [0.5, 0.6) is 0 Å². The summed E-state index contributed by atoms with van der Waals surface area (Å²) < 4.78 is 0. The molecule has 0 saturated carbocycles. The van der Waals surface area contributed by atoms with Crippen LogP contribution in [0, 0.1) is 6.92 Å². The Bertz CT molecular complexity index is 269. The van der Waals surface area contributed by atoms with Crippen molar-refractivity contribution in [1.82, 2.24) is 0 Å². The highest BCUT2D eigenvalue weighted by molar-refractivity contribution is 5.30. The Labute approximate surface area is 79.9 Å². The molecule has 0 spiro atoms. The highest BCUT2D eigenvalue weighted by atomic mass is 14.7. The van der Waals surface area contributed by atoms with Crippen molar-refractivity contribution in [3.05, 3.63) is 35.4 Å². The quantitative estimate of drug-likeness (QED) is 0.734. The SMILES string of the molecule is Cc1ccccc1C(CN)C(C)N. The van der Waals surface area contributed by atoms with Crippen molar-refractivity contribution in [2.45, 2.75) is 25.8 Å². The Balaban J connectivity index is 2.97. The molecule has 0 aliphatic heterocycles. The van der Waals surface area contributed by atoms with E-state index in [9.17, 15) is 0 Å². The molecule has 2 heteroatoms. The lowest BCUT2D eigenvalue weighted by molar-refractivity contribution is 0.574. The molecule has 2 atom stereocenters. The summed E-state index contributed by atoms with van der Waals surface area (Å²) in [6.07, 6.45) is 0. The molecule has 0 aromatic heterocycles. The number of aryl methyl sites for hydroxylation is 1. The average molecular weight is 178 g/mol. The van der Waals surface area contributed by atoms with E-state index in [1.807, 2.05) is 19.1 Å². The molecule has 13 heavy (non-hydrogen) atoms. The first-order valence-corrected chi connectivity index (χ1v) is 4.68. The summed E-state index contributed by atoms with van der Waals surface area (Å²) in [5.74, 6) is 0.279. The molecule has 0 heterocycles. The Morgan fingerprint density at radius 2 is 1.92 bits per heavy atom. The van der Waals surface area contributed by atoms with Gasteiger partial charge in [0.2, 0.25) is 0 Å². The van der Waals surface area contributed by atoms with Gasteiger partial charge in [-0.1, -0.05) is 24.3 Å². The Morgan fingerprint density at radius 3 is 2.38 bits per heavy atom. The fourth-order valence-electron chi connectivity index (χ4n) is 1.63. The third-order valence-corrected chi connectivity index (χ3v) is 2.48. The van der Waals surface area contributed by atoms with E-state index in [1.54, 1.807) is 0 Å². The van der Waals surface area contributed by atoms with Gasteiger partial charge in [0, 0.05) is 18.5 Å². The van der Waals surface area contributed by atoms with Crippen LogP contribution in [0.4, 0.5) is 0 Å². The minimum Gasteiger partial charge on any atom is -0.330 e. The molecule has 0 amide bonds. The van der Waals surface area contributed by atoms with Gasteiger partial charge in [-0.2, -0.15) is 0 Å². The second kappa shape index (κ2) is 4.40. The smallest absolute Gasteiger partial charge is 0.0113 e. The maximum absolute atomic E-state index is 5.87. The van der Waals surface area contributed by atoms with Crippen LogP contribution in [0.2, 0.25) is 0 Å². The van der Waals surface area contributed by atoms with E-state index in [-0.39, 0.29) is 12.0 Å². The van der Waals surface area contributed by atoms with Gasteiger partial charge in [-0.25, -0.2) is 0 Å². The highest BCUT2D eigenvalue weighted by Gasteiger charge is 2.15. The lowest BCUT2D eigenvalue weighted by atomic mass is 9.90. The molecular formula is C11H18N2. The van der Waals surface area contributed by atoms with Crippen molar-refractivity contribution < 1.29 is 0 Å². The topological polar surface area (TPSA) is 52.0 Å². The first-order chi connectivity index (χ1) is 6.16. The van der Waals surface area contributed by atoms with E-state index in [2.05, 4.69) is 19.1 Å². The minimum atomic E-state index is 0.117. The predicted molar refractivity (Wildman–Crippen MR) is 56.6 cm³/mol. The number of hydrogen-bond donors (Lipinski definition) is 2. The number of hydrogen-bond acceptors (Lipinski definition) is 2. The van der Waals surface area contributed by atoms with E-state index >= 15 is 0 Å².